The van der Waals surface area contributed by atoms with E-state index in [0.29, 0.717) is 4.90 Å². The van der Waals surface area contributed by atoms with E-state index >= 15 is 0 Å². The van der Waals surface area contributed by atoms with Gasteiger partial charge in [-0.2, -0.15) is 0 Å². The number of aliphatic carboxylic acids is 1. The van der Waals surface area contributed by atoms with Crippen molar-refractivity contribution in [1.29, 1.82) is 0 Å². The summed E-state index contributed by atoms with van der Waals surface area (Å²) in [6.07, 6.45) is 0. The molecule has 0 aliphatic carbocycles. The average Bonchev–Trinajstić information content (AvgIpc) is 2.33. The third-order valence-electron chi connectivity index (χ3n) is 2.14. The largest absolute Gasteiger partial charge is 0.480 e. The van der Waals surface area contributed by atoms with Crippen molar-refractivity contribution in [2.75, 3.05) is 5.75 Å². The van der Waals surface area contributed by atoms with Gasteiger partial charge in [0.05, 0.1) is 20.1 Å². The first-order valence-corrected chi connectivity index (χ1v) is 7.69. The van der Waals surface area contributed by atoms with Crippen LogP contribution in [0.4, 0.5) is 0 Å². The van der Waals surface area contributed by atoms with Crippen LogP contribution >= 0.6 is 58.2 Å². The number of nitrogens with one attached hydrogen (secondary N) is 1. The van der Waals surface area contributed by atoms with Gasteiger partial charge in [-0.15, -0.1) is 11.8 Å². The standard InChI is InChI=1S/C11H9Cl4NO3S/c1-4(17)16-7(11(18)19)3-20-10-6(13)2-5(12)8(14)9(10)15/h2,7H,3H2,1H3,(H,16,17)(H,18,19). The van der Waals surface area contributed by atoms with Gasteiger partial charge in [-0.25, -0.2) is 4.79 Å². The van der Waals surface area contributed by atoms with Crippen LogP contribution in [-0.2, 0) is 9.59 Å². The minimum absolute atomic E-state index is 0.0479. The number of carbonyl (C=O) groups excluding carboxylic acids is 1. The Morgan fingerprint density at radius 1 is 1.25 bits per heavy atom. The number of amides is 1. The molecule has 4 nitrogen and oxygen atoms in total. The number of carboxylic acids is 1. The number of carbonyl (C=O) groups is 2. The number of benzene rings is 1. The van der Waals surface area contributed by atoms with E-state index in [1.54, 1.807) is 0 Å². The van der Waals surface area contributed by atoms with Crippen LogP contribution in [0.5, 0.6) is 0 Å². The Labute approximate surface area is 139 Å². The molecule has 0 aliphatic heterocycles. The predicted octanol–water partition coefficient (Wildman–Crippen LogP) is 3.98. The first-order valence-electron chi connectivity index (χ1n) is 5.19. The lowest BCUT2D eigenvalue weighted by Crippen LogP contribution is -2.41. The summed E-state index contributed by atoms with van der Waals surface area (Å²) < 4.78 is 0. The maximum Gasteiger partial charge on any atom is 0.327 e. The molecular weight excluding hydrogens is 368 g/mol. The van der Waals surface area contributed by atoms with Crippen molar-refractivity contribution in [3.8, 4) is 0 Å². The molecule has 2 N–H and O–H groups in total. The van der Waals surface area contributed by atoms with Crippen molar-refractivity contribution in [3.63, 3.8) is 0 Å². The molecule has 0 saturated carbocycles. The zero-order valence-corrected chi connectivity index (χ0v) is 13.9. The zero-order valence-electron chi connectivity index (χ0n) is 10.0. The molecule has 9 heteroatoms. The monoisotopic (exact) mass is 375 g/mol. The Hall–Kier alpha value is -0.330. The van der Waals surface area contributed by atoms with E-state index in [2.05, 4.69) is 5.32 Å². The van der Waals surface area contributed by atoms with Crippen LogP contribution in [0.1, 0.15) is 6.92 Å². The van der Waals surface area contributed by atoms with Crippen LogP contribution in [0.3, 0.4) is 0 Å². The van der Waals surface area contributed by atoms with Gasteiger partial charge in [0.1, 0.15) is 6.04 Å². The summed E-state index contributed by atoms with van der Waals surface area (Å²) in [5, 5.41) is 12.1. The topological polar surface area (TPSA) is 66.4 Å². The highest BCUT2D eigenvalue weighted by atomic mass is 35.5. The summed E-state index contributed by atoms with van der Waals surface area (Å²) in [5.74, 6) is -1.55. The van der Waals surface area contributed by atoms with Gasteiger partial charge in [0.25, 0.3) is 0 Å². The number of hydrogen-bond donors (Lipinski definition) is 2. The summed E-state index contributed by atoms with van der Waals surface area (Å²) in [4.78, 5) is 22.4. The number of thioether (sulfide) groups is 1. The van der Waals surface area contributed by atoms with Crippen LogP contribution in [0.2, 0.25) is 20.1 Å². The second-order valence-electron chi connectivity index (χ2n) is 3.70. The fraction of sp³-hybridized carbons (Fsp3) is 0.273. The van der Waals surface area contributed by atoms with Crippen LogP contribution in [-0.4, -0.2) is 28.8 Å². The van der Waals surface area contributed by atoms with E-state index in [-0.39, 0.29) is 25.8 Å². The van der Waals surface area contributed by atoms with Gasteiger partial charge >= 0.3 is 5.97 Å². The SMILES string of the molecule is CC(=O)NC(CSc1c(Cl)cc(Cl)c(Cl)c1Cl)C(=O)O. The maximum atomic E-state index is 11.0. The van der Waals surface area contributed by atoms with Gasteiger partial charge < -0.3 is 10.4 Å². The Kier molecular flexibility index (Phi) is 6.75. The first kappa shape index (κ1) is 17.7. The lowest BCUT2D eigenvalue weighted by Gasteiger charge is -2.14. The molecule has 1 unspecified atom stereocenters. The minimum atomic E-state index is -1.15. The Balaban J connectivity index is 2.91. The molecule has 0 radical (unpaired) electrons. The van der Waals surface area contributed by atoms with E-state index in [9.17, 15) is 9.59 Å². The van der Waals surface area contributed by atoms with Crippen molar-refractivity contribution in [2.45, 2.75) is 17.9 Å². The summed E-state index contributed by atoms with van der Waals surface area (Å²) in [7, 11) is 0. The number of rotatable bonds is 5. The van der Waals surface area contributed by atoms with Gasteiger partial charge in [-0.05, 0) is 6.07 Å². The normalized spacial score (nSPS) is 12.1. The summed E-state index contributed by atoms with van der Waals surface area (Å²) in [5.41, 5.74) is 0. The molecule has 0 saturated heterocycles. The van der Waals surface area contributed by atoms with E-state index in [1.807, 2.05) is 0 Å². The Morgan fingerprint density at radius 3 is 2.35 bits per heavy atom. The van der Waals surface area contributed by atoms with Crippen LogP contribution in [0.25, 0.3) is 0 Å². The molecule has 0 heterocycles. The predicted molar refractivity (Wildman–Crippen MR) is 82.4 cm³/mol. The number of carboxylic acid groups (broad SMARTS) is 1. The summed E-state index contributed by atoms with van der Waals surface area (Å²) in [6, 6.07) is 0.368. The van der Waals surface area contributed by atoms with Crippen molar-refractivity contribution < 1.29 is 14.7 Å². The highest BCUT2D eigenvalue weighted by Gasteiger charge is 2.21. The third-order valence-corrected chi connectivity index (χ3v) is 5.14. The lowest BCUT2D eigenvalue weighted by atomic mass is 10.3. The fourth-order valence-electron chi connectivity index (χ4n) is 1.27. The quantitative estimate of drug-likeness (QED) is 0.463. The fourth-order valence-corrected chi connectivity index (χ4v) is 3.55. The Bertz CT molecular complexity index is 553. The molecule has 0 fully saturated rings. The van der Waals surface area contributed by atoms with E-state index < -0.39 is 17.9 Å². The molecule has 1 aromatic rings. The molecule has 0 aliphatic rings. The minimum Gasteiger partial charge on any atom is -0.480 e. The average molecular weight is 377 g/mol. The molecule has 0 bridgehead atoms. The summed E-state index contributed by atoms with van der Waals surface area (Å²) >= 11 is 24.8. The molecule has 1 amide bonds. The van der Waals surface area contributed by atoms with Gasteiger partial charge in [0, 0.05) is 17.6 Å². The highest BCUT2D eigenvalue weighted by molar-refractivity contribution is 7.99. The highest BCUT2D eigenvalue weighted by Crippen LogP contribution is 2.42. The van der Waals surface area contributed by atoms with E-state index in [1.165, 1.54) is 13.0 Å². The first-order chi connectivity index (χ1) is 9.23. The third kappa shape index (κ3) is 4.60. The number of hydrogen-bond acceptors (Lipinski definition) is 3. The number of halogens is 4. The smallest absolute Gasteiger partial charge is 0.327 e. The van der Waals surface area contributed by atoms with Crippen molar-refractivity contribution >= 4 is 70.0 Å². The Morgan fingerprint density at radius 2 is 1.85 bits per heavy atom. The van der Waals surface area contributed by atoms with Crippen LogP contribution in [0.15, 0.2) is 11.0 Å². The second kappa shape index (κ2) is 7.61. The van der Waals surface area contributed by atoms with Crippen LogP contribution < -0.4 is 5.32 Å². The van der Waals surface area contributed by atoms with Crippen LogP contribution in [0, 0.1) is 0 Å². The van der Waals surface area contributed by atoms with Crippen molar-refractivity contribution in [3.05, 3.63) is 26.2 Å². The molecule has 0 aromatic heterocycles. The van der Waals surface area contributed by atoms with Gasteiger partial charge in [-0.1, -0.05) is 46.4 Å². The second-order valence-corrected chi connectivity index (χ2v) is 6.30. The summed E-state index contributed by atoms with van der Waals surface area (Å²) in [6.45, 7) is 1.24. The van der Waals surface area contributed by atoms with Crippen molar-refractivity contribution in [2.24, 2.45) is 0 Å². The van der Waals surface area contributed by atoms with Gasteiger partial charge in [-0.3, -0.25) is 4.79 Å². The van der Waals surface area contributed by atoms with E-state index in [0.717, 1.165) is 11.8 Å². The van der Waals surface area contributed by atoms with Gasteiger partial charge in [0.2, 0.25) is 5.91 Å². The molecular formula is C11H9Cl4NO3S. The molecule has 20 heavy (non-hydrogen) atoms. The molecule has 1 aromatic carbocycles. The molecule has 0 spiro atoms. The van der Waals surface area contributed by atoms with Gasteiger partial charge in [0.15, 0.2) is 0 Å². The molecule has 110 valence electrons. The zero-order chi connectivity index (χ0) is 15.4. The van der Waals surface area contributed by atoms with E-state index in [4.69, 9.17) is 51.5 Å². The lowest BCUT2D eigenvalue weighted by molar-refractivity contribution is -0.140. The maximum absolute atomic E-state index is 11.0. The van der Waals surface area contributed by atoms with Crippen molar-refractivity contribution in [1.82, 2.24) is 5.32 Å². The molecule has 1 atom stereocenters. The molecule has 1 rings (SSSR count).